The Kier molecular flexibility index (Phi) is 5.78. The summed E-state index contributed by atoms with van der Waals surface area (Å²) in [5, 5.41) is 2.91. The van der Waals surface area contributed by atoms with Crippen molar-refractivity contribution >= 4 is 17.4 Å². The molecule has 0 aromatic heterocycles. The second-order valence-electron chi connectivity index (χ2n) is 4.86. The van der Waals surface area contributed by atoms with Gasteiger partial charge in [-0.15, -0.1) is 0 Å². The van der Waals surface area contributed by atoms with Crippen LogP contribution >= 0.6 is 0 Å². The molecule has 126 valence electrons. The second kappa shape index (κ2) is 8.01. The SMILES string of the molecule is CNc1ccccc1C(=O)OCC(=O)c1cc(OC)ccc1OC. The average Bonchev–Trinajstić information content (AvgIpc) is 2.65. The van der Waals surface area contributed by atoms with E-state index in [9.17, 15) is 9.59 Å². The second-order valence-corrected chi connectivity index (χ2v) is 4.86. The lowest BCUT2D eigenvalue weighted by Crippen LogP contribution is -2.16. The number of anilines is 1. The van der Waals surface area contributed by atoms with E-state index in [1.54, 1.807) is 49.5 Å². The first-order chi connectivity index (χ1) is 11.6. The number of para-hydroxylation sites is 1. The standard InChI is InChI=1S/C18H19NO5/c1-19-15-7-5-4-6-13(15)18(21)24-11-16(20)14-10-12(22-2)8-9-17(14)23-3/h4-10,19H,11H2,1-3H3. The largest absolute Gasteiger partial charge is 0.497 e. The maximum atomic E-state index is 12.4. The maximum absolute atomic E-state index is 12.4. The van der Waals surface area contributed by atoms with E-state index in [4.69, 9.17) is 14.2 Å². The molecule has 0 heterocycles. The molecule has 0 aliphatic heterocycles. The van der Waals surface area contributed by atoms with Crippen LogP contribution in [0.25, 0.3) is 0 Å². The van der Waals surface area contributed by atoms with E-state index in [-0.39, 0.29) is 12.4 Å². The van der Waals surface area contributed by atoms with Crippen LogP contribution in [0.4, 0.5) is 5.69 Å². The van der Waals surface area contributed by atoms with Crippen LogP contribution in [0.3, 0.4) is 0 Å². The van der Waals surface area contributed by atoms with E-state index in [1.807, 2.05) is 0 Å². The summed E-state index contributed by atoms with van der Waals surface area (Å²) in [5.74, 6) is -0.0327. The van der Waals surface area contributed by atoms with Crippen LogP contribution in [-0.2, 0) is 4.74 Å². The Morgan fingerprint density at radius 1 is 1.00 bits per heavy atom. The number of benzene rings is 2. The highest BCUT2D eigenvalue weighted by molar-refractivity contribution is 6.02. The Bertz CT molecular complexity index is 742. The minimum Gasteiger partial charge on any atom is -0.497 e. The lowest BCUT2D eigenvalue weighted by Gasteiger charge is -2.11. The zero-order valence-electron chi connectivity index (χ0n) is 13.8. The quantitative estimate of drug-likeness (QED) is 0.622. The van der Waals surface area contributed by atoms with Crippen LogP contribution < -0.4 is 14.8 Å². The van der Waals surface area contributed by atoms with Crippen molar-refractivity contribution in [3.63, 3.8) is 0 Å². The van der Waals surface area contributed by atoms with Gasteiger partial charge < -0.3 is 19.5 Å². The fraction of sp³-hybridized carbons (Fsp3) is 0.222. The van der Waals surface area contributed by atoms with Gasteiger partial charge in [0.2, 0.25) is 5.78 Å². The topological polar surface area (TPSA) is 73.9 Å². The smallest absolute Gasteiger partial charge is 0.340 e. The predicted molar refractivity (Wildman–Crippen MR) is 90.1 cm³/mol. The number of ketones is 1. The van der Waals surface area contributed by atoms with Gasteiger partial charge in [-0.1, -0.05) is 12.1 Å². The highest BCUT2D eigenvalue weighted by Gasteiger charge is 2.18. The Morgan fingerprint density at radius 2 is 1.75 bits per heavy atom. The first-order valence-corrected chi connectivity index (χ1v) is 7.29. The van der Waals surface area contributed by atoms with E-state index in [1.165, 1.54) is 14.2 Å². The number of esters is 1. The zero-order valence-corrected chi connectivity index (χ0v) is 13.8. The molecule has 2 rings (SSSR count). The van der Waals surface area contributed by atoms with Crippen LogP contribution in [-0.4, -0.2) is 39.6 Å². The minimum atomic E-state index is -0.574. The molecular weight excluding hydrogens is 310 g/mol. The fourth-order valence-corrected chi connectivity index (χ4v) is 2.20. The Hall–Kier alpha value is -3.02. The van der Waals surface area contributed by atoms with E-state index in [2.05, 4.69) is 5.32 Å². The van der Waals surface area contributed by atoms with E-state index < -0.39 is 5.97 Å². The van der Waals surface area contributed by atoms with E-state index in [0.29, 0.717) is 28.3 Å². The molecule has 6 heteroatoms. The van der Waals surface area contributed by atoms with Gasteiger partial charge in [0.25, 0.3) is 0 Å². The molecule has 2 aromatic rings. The Balaban J connectivity index is 2.12. The van der Waals surface area contributed by atoms with Crippen molar-refractivity contribution in [2.45, 2.75) is 0 Å². The van der Waals surface area contributed by atoms with Crippen molar-refractivity contribution in [3.8, 4) is 11.5 Å². The third-order valence-electron chi connectivity index (χ3n) is 3.46. The van der Waals surface area contributed by atoms with E-state index >= 15 is 0 Å². The van der Waals surface area contributed by atoms with Crippen molar-refractivity contribution in [2.75, 3.05) is 33.2 Å². The lowest BCUT2D eigenvalue weighted by atomic mass is 10.1. The third-order valence-corrected chi connectivity index (χ3v) is 3.46. The molecule has 0 saturated heterocycles. The van der Waals surface area contributed by atoms with Crippen molar-refractivity contribution in [3.05, 3.63) is 53.6 Å². The number of methoxy groups -OCH3 is 2. The zero-order chi connectivity index (χ0) is 17.5. The van der Waals surface area contributed by atoms with Gasteiger partial charge in [0, 0.05) is 12.7 Å². The number of hydrogen-bond acceptors (Lipinski definition) is 6. The summed E-state index contributed by atoms with van der Waals surface area (Å²) in [6.45, 7) is -0.388. The van der Waals surface area contributed by atoms with Gasteiger partial charge in [-0.2, -0.15) is 0 Å². The van der Waals surface area contributed by atoms with Crippen LogP contribution in [0, 0.1) is 0 Å². The van der Waals surface area contributed by atoms with Crippen LogP contribution in [0.2, 0.25) is 0 Å². The van der Waals surface area contributed by atoms with Gasteiger partial charge in [-0.05, 0) is 30.3 Å². The summed E-state index contributed by atoms with van der Waals surface area (Å²) in [7, 11) is 4.68. The van der Waals surface area contributed by atoms with Gasteiger partial charge in [0.1, 0.15) is 11.5 Å². The van der Waals surface area contributed by atoms with Gasteiger partial charge in [0.15, 0.2) is 6.61 Å². The van der Waals surface area contributed by atoms with Crippen molar-refractivity contribution in [2.24, 2.45) is 0 Å². The Labute approximate surface area is 140 Å². The van der Waals surface area contributed by atoms with Crippen molar-refractivity contribution < 1.29 is 23.8 Å². The normalized spacial score (nSPS) is 9.96. The summed E-state index contributed by atoms with van der Waals surface area (Å²) < 4.78 is 15.4. The first-order valence-electron chi connectivity index (χ1n) is 7.29. The van der Waals surface area contributed by atoms with Crippen LogP contribution in [0.1, 0.15) is 20.7 Å². The monoisotopic (exact) mass is 329 g/mol. The van der Waals surface area contributed by atoms with E-state index in [0.717, 1.165) is 0 Å². The molecule has 1 N–H and O–H groups in total. The molecular formula is C18H19NO5. The molecule has 0 bridgehead atoms. The highest BCUT2D eigenvalue weighted by atomic mass is 16.5. The van der Waals surface area contributed by atoms with Crippen LogP contribution in [0.5, 0.6) is 11.5 Å². The molecule has 24 heavy (non-hydrogen) atoms. The molecule has 0 fully saturated rings. The Morgan fingerprint density at radius 3 is 2.42 bits per heavy atom. The average molecular weight is 329 g/mol. The summed E-state index contributed by atoms with van der Waals surface area (Å²) in [6.07, 6.45) is 0. The highest BCUT2D eigenvalue weighted by Crippen LogP contribution is 2.24. The maximum Gasteiger partial charge on any atom is 0.340 e. The molecule has 0 spiro atoms. The van der Waals surface area contributed by atoms with Crippen LogP contribution in [0.15, 0.2) is 42.5 Å². The van der Waals surface area contributed by atoms with Gasteiger partial charge in [-0.25, -0.2) is 4.79 Å². The van der Waals surface area contributed by atoms with Crippen molar-refractivity contribution in [1.29, 1.82) is 0 Å². The molecule has 2 aromatic carbocycles. The molecule has 0 amide bonds. The molecule has 6 nitrogen and oxygen atoms in total. The summed E-state index contributed by atoms with van der Waals surface area (Å²) >= 11 is 0. The fourth-order valence-electron chi connectivity index (χ4n) is 2.20. The number of rotatable bonds is 7. The van der Waals surface area contributed by atoms with Gasteiger partial charge in [-0.3, -0.25) is 4.79 Å². The predicted octanol–water partition coefficient (Wildman–Crippen LogP) is 2.79. The summed E-state index contributed by atoms with van der Waals surface area (Å²) in [5.41, 5.74) is 1.30. The number of carbonyl (C=O) groups excluding carboxylic acids is 2. The molecule has 0 aliphatic carbocycles. The van der Waals surface area contributed by atoms with Crippen molar-refractivity contribution in [1.82, 2.24) is 0 Å². The number of Topliss-reactive ketones (excluding diaryl/α,β-unsaturated/α-hetero) is 1. The molecule has 0 radical (unpaired) electrons. The molecule has 0 aliphatic rings. The minimum absolute atomic E-state index is 0.298. The van der Waals surface area contributed by atoms with Gasteiger partial charge >= 0.3 is 5.97 Å². The molecule has 0 saturated carbocycles. The number of carbonyl (C=O) groups is 2. The van der Waals surface area contributed by atoms with Gasteiger partial charge in [0.05, 0.1) is 25.3 Å². The number of hydrogen-bond donors (Lipinski definition) is 1. The molecule has 0 unspecified atom stereocenters. The number of nitrogens with one attached hydrogen (secondary N) is 1. The first kappa shape index (κ1) is 17.3. The summed E-state index contributed by atoms with van der Waals surface area (Å²) in [4.78, 5) is 24.5. The molecule has 0 atom stereocenters. The summed E-state index contributed by atoms with van der Waals surface area (Å²) in [6, 6.07) is 11.8. The lowest BCUT2D eigenvalue weighted by molar-refractivity contribution is 0.0475. The third kappa shape index (κ3) is 3.84. The number of ether oxygens (including phenoxy) is 3.